The van der Waals surface area contributed by atoms with Gasteiger partial charge in [-0.2, -0.15) is 0 Å². The Hall–Kier alpha value is -0.900. The summed E-state index contributed by atoms with van der Waals surface area (Å²) in [7, 11) is 0. The quantitative estimate of drug-likeness (QED) is 0.532. The van der Waals surface area contributed by atoms with Crippen molar-refractivity contribution in [3.05, 3.63) is 0 Å². The molecule has 2 aliphatic rings. The number of carbonyl (C=O) groups is 2. The molecule has 2 aliphatic heterocycles. The maximum absolute atomic E-state index is 11.8. The molecule has 0 bridgehead atoms. The minimum absolute atomic E-state index is 0.0869. The van der Waals surface area contributed by atoms with E-state index in [4.69, 9.17) is 0 Å². The van der Waals surface area contributed by atoms with Gasteiger partial charge in [0.25, 0.3) is 0 Å². The number of carbonyl (C=O) groups excluding carboxylic acids is 2. The number of likely N-dealkylation sites (tertiary alicyclic amines) is 1. The van der Waals surface area contributed by atoms with Crippen molar-refractivity contribution in [2.45, 2.75) is 31.7 Å². The number of hydrogen-bond donors (Lipinski definition) is 1. The van der Waals surface area contributed by atoms with E-state index in [1.165, 1.54) is 0 Å². The molecule has 4 nitrogen and oxygen atoms in total. The van der Waals surface area contributed by atoms with Crippen LogP contribution in [0.1, 0.15) is 26.2 Å². The van der Waals surface area contributed by atoms with Crippen LogP contribution in [-0.4, -0.2) is 42.3 Å². The fourth-order valence-electron chi connectivity index (χ4n) is 2.79. The number of fused-ring (bicyclic) bond motifs is 1. The van der Waals surface area contributed by atoms with Gasteiger partial charge in [0.15, 0.2) is 5.54 Å². The molecular formula is C11H18N2O2. The SMILES string of the molecule is CCCCN1CC[C@H]2CNC(=O)[C@]21C=O. The van der Waals surface area contributed by atoms with Crippen molar-refractivity contribution in [2.75, 3.05) is 19.6 Å². The number of aldehydes is 1. The predicted molar refractivity (Wildman–Crippen MR) is 56.4 cm³/mol. The van der Waals surface area contributed by atoms with Gasteiger partial charge in [0.1, 0.15) is 6.29 Å². The van der Waals surface area contributed by atoms with Gasteiger partial charge in [0.05, 0.1) is 0 Å². The monoisotopic (exact) mass is 210 g/mol. The lowest BCUT2D eigenvalue weighted by molar-refractivity contribution is -0.135. The lowest BCUT2D eigenvalue weighted by atomic mass is 9.89. The summed E-state index contributed by atoms with van der Waals surface area (Å²) in [4.78, 5) is 25.2. The van der Waals surface area contributed by atoms with Gasteiger partial charge in [-0.3, -0.25) is 9.69 Å². The molecule has 0 aliphatic carbocycles. The van der Waals surface area contributed by atoms with Crippen molar-refractivity contribution >= 4 is 12.2 Å². The molecule has 2 rings (SSSR count). The molecule has 0 unspecified atom stereocenters. The fraction of sp³-hybridized carbons (Fsp3) is 0.818. The third-order valence-electron chi connectivity index (χ3n) is 3.73. The van der Waals surface area contributed by atoms with Crippen molar-refractivity contribution in [3.63, 3.8) is 0 Å². The molecule has 84 valence electrons. The molecule has 2 atom stereocenters. The van der Waals surface area contributed by atoms with Crippen LogP contribution in [0.3, 0.4) is 0 Å². The zero-order valence-electron chi connectivity index (χ0n) is 9.16. The summed E-state index contributed by atoms with van der Waals surface area (Å²) in [5.74, 6) is 0.107. The average molecular weight is 210 g/mol. The summed E-state index contributed by atoms with van der Waals surface area (Å²) in [6.45, 7) is 4.53. The van der Waals surface area contributed by atoms with Crippen molar-refractivity contribution in [1.82, 2.24) is 10.2 Å². The number of hydrogen-bond acceptors (Lipinski definition) is 3. The van der Waals surface area contributed by atoms with Crippen molar-refractivity contribution in [3.8, 4) is 0 Å². The lowest BCUT2D eigenvalue weighted by Gasteiger charge is -2.30. The summed E-state index contributed by atoms with van der Waals surface area (Å²) < 4.78 is 0. The molecule has 0 aromatic rings. The van der Waals surface area contributed by atoms with Gasteiger partial charge in [-0.15, -0.1) is 0 Å². The van der Waals surface area contributed by atoms with Crippen LogP contribution in [0.5, 0.6) is 0 Å². The highest BCUT2D eigenvalue weighted by atomic mass is 16.2. The Balaban J connectivity index is 2.18. The molecule has 4 heteroatoms. The van der Waals surface area contributed by atoms with Gasteiger partial charge < -0.3 is 10.1 Å². The Morgan fingerprint density at radius 1 is 1.67 bits per heavy atom. The molecule has 1 amide bonds. The summed E-state index contributed by atoms with van der Waals surface area (Å²) in [6, 6.07) is 0. The van der Waals surface area contributed by atoms with E-state index < -0.39 is 5.54 Å². The average Bonchev–Trinajstić information content (AvgIpc) is 2.75. The van der Waals surface area contributed by atoms with Crippen LogP contribution in [0.25, 0.3) is 0 Å². The van der Waals surface area contributed by atoms with Crippen LogP contribution in [-0.2, 0) is 9.59 Å². The second-order valence-electron chi connectivity index (χ2n) is 4.48. The smallest absolute Gasteiger partial charge is 0.248 e. The normalized spacial score (nSPS) is 35.3. The molecular weight excluding hydrogens is 192 g/mol. The Morgan fingerprint density at radius 2 is 2.47 bits per heavy atom. The fourth-order valence-corrected chi connectivity index (χ4v) is 2.79. The molecule has 2 heterocycles. The van der Waals surface area contributed by atoms with E-state index in [-0.39, 0.29) is 11.8 Å². The van der Waals surface area contributed by atoms with E-state index in [9.17, 15) is 9.59 Å². The van der Waals surface area contributed by atoms with E-state index in [1.54, 1.807) is 0 Å². The molecule has 0 spiro atoms. The van der Waals surface area contributed by atoms with Gasteiger partial charge >= 0.3 is 0 Å². The van der Waals surface area contributed by atoms with Crippen molar-refractivity contribution in [1.29, 1.82) is 0 Å². The predicted octanol–water partition coefficient (Wildman–Crippen LogP) is 0.176. The van der Waals surface area contributed by atoms with Crippen LogP contribution >= 0.6 is 0 Å². The summed E-state index contributed by atoms with van der Waals surface area (Å²) in [5, 5.41) is 2.81. The first-order valence-electron chi connectivity index (χ1n) is 5.75. The summed E-state index contributed by atoms with van der Waals surface area (Å²) in [6.07, 6.45) is 3.97. The maximum atomic E-state index is 11.8. The van der Waals surface area contributed by atoms with Gasteiger partial charge in [0.2, 0.25) is 5.91 Å². The third-order valence-corrected chi connectivity index (χ3v) is 3.73. The van der Waals surface area contributed by atoms with Crippen LogP contribution in [0, 0.1) is 5.92 Å². The second-order valence-corrected chi connectivity index (χ2v) is 4.48. The number of rotatable bonds is 4. The molecule has 0 aromatic heterocycles. The topological polar surface area (TPSA) is 49.4 Å². The van der Waals surface area contributed by atoms with Gasteiger partial charge in [-0.05, 0) is 19.4 Å². The molecule has 15 heavy (non-hydrogen) atoms. The minimum Gasteiger partial charge on any atom is -0.354 e. The van der Waals surface area contributed by atoms with E-state index in [2.05, 4.69) is 17.1 Å². The highest BCUT2D eigenvalue weighted by Crippen LogP contribution is 2.37. The molecule has 2 fully saturated rings. The van der Waals surface area contributed by atoms with E-state index in [0.717, 1.165) is 38.6 Å². The zero-order chi connectivity index (χ0) is 10.9. The van der Waals surface area contributed by atoms with Crippen LogP contribution in [0.4, 0.5) is 0 Å². The molecule has 0 radical (unpaired) electrons. The first kappa shape index (κ1) is 10.6. The van der Waals surface area contributed by atoms with Crippen LogP contribution < -0.4 is 5.32 Å². The Kier molecular flexibility index (Phi) is 2.78. The summed E-state index contributed by atoms with van der Waals surface area (Å²) in [5.41, 5.74) is -0.824. The zero-order valence-corrected chi connectivity index (χ0v) is 9.16. The highest BCUT2D eigenvalue weighted by molar-refractivity contribution is 6.04. The number of amides is 1. The second kappa shape index (κ2) is 3.93. The van der Waals surface area contributed by atoms with Gasteiger partial charge in [0, 0.05) is 19.0 Å². The van der Waals surface area contributed by atoms with Gasteiger partial charge in [-0.25, -0.2) is 0 Å². The maximum Gasteiger partial charge on any atom is 0.248 e. The van der Waals surface area contributed by atoms with Crippen molar-refractivity contribution < 1.29 is 9.59 Å². The first-order chi connectivity index (χ1) is 7.25. The molecule has 0 saturated carbocycles. The minimum atomic E-state index is -0.824. The molecule has 1 N–H and O–H groups in total. The highest BCUT2D eigenvalue weighted by Gasteiger charge is 2.57. The summed E-state index contributed by atoms with van der Waals surface area (Å²) >= 11 is 0. The Morgan fingerprint density at radius 3 is 3.13 bits per heavy atom. The van der Waals surface area contributed by atoms with E-state index in [0.29, 0.717) is 6.54 Å². The Labute approximate surface area is 90.0 Å². The largest absolute Gasteiger partial charge is 0.354 e. The first-order valence-corrected chi connectivity index (χ1v) is 5.75. The Bertz CT molecular complexity index is 280. The third kappa shape index (κ3) is 1.39. The van der Waals surface area contributed by atoms with Crippen LogP contribution in [0.2, 0.25) is 0 Å². The standard InChI is InChI=1S/C11H18N2O2/c1-2-3-5-13-6-4-9-7-12-10(15)11(9,13)8-14/h8-9H,2-7H2,1H3,(H,12,15)/t9-,11-/m0/s1. The molecule has 2 saturated heterocycles. The lowest BCUT2D eigenvalue weighted by Crippen LogP contribution is -2.54. The van der Waals surface area contributed by atoms with Gasteiger partial charge in [-0.1, -0.05) is 13.3 Å². The number of nitrogens with one attached hydrogen (secondary N) is 1. The molecule has 0 aromatic carbocycles. The van der Waals surface area contributed by atoms with E-state index in [1.807, 2.05) is 0 Å². The van der Waals surface area contributed by atoms with Crippen molar-refractivity contribution in [2.24, 2.45) is 5.92 Å². The number of unbranched alkanes of at least 4 members (excludes halogenated alkanes) is 1. The number of nitrogens with zero attached hydrogens (tertiary/aromatic N) is 1. The van der Waals surface area contributed by atoms with E-state index >= 15 is 0 Å². The van der Waals surface area contributed by atoms with Crippen LogP contribution in [0.15, 0.2) is 0 Å².